The molecule has 3 aromatic rings. The van der Waals surface area contributed by atoms with Crippen molar-refractivity contribution in [1.29, 1.82) is 0 Å². The van der Waals surface area contributed by atoms with E-state index in [1.807, 2.05) is 49.7 Å². The molecule has 7 heteroatoms. The number of ether oxygens (including phenoxy) is 2. The molecule has 0 saturated carbocycles. The van der Waals surface area contributed by atoms with Gasteiger partial charge in [0.1, 0.15) is 0 Å². The molecule has 0 unspecified atom stereocenters. The first-order chi connectivity index (χ1) is 12.1. The van der Waals surface area contributed by atoms with Crippen LogP contribution in [0.5, 0.6) is 11.5 Å². The highest BCUT2D eigenvalue weighted by atomic mass is 32.1. The zero-order chi connectivity index (χ0) is 17.8. The second-order valence-electron chi connectivity index (χ2n) is 5.67. The topological polar surface area (TPSA) is 60.6 Å². The minimum Gasteiger partial charge on any atom is -0.493 e. The van der Waals surface area contributed by atoms with E-state index in [0.717, 1.165) is 21.9 Å². The average molecular weight is 359 g/mol. The molecule has 0 aliphatic rings. The summed E-state index contributed by atoms with van der Waals surface area (Å²) >= 11 is 1.58. The van der Waals surface area contributed by atoms with Crippen LogP contribution in [-0.4, -0.2) is 36.4 Å². The Morgan fingerprint density at radius 2 is 2.00 bits per heavy atom. The van der Waals surface area contributed by atoms with Crippen LogP contribution in [0.3, 0.4) is 0 Å². The van der Waals surface area contributed by atoms with E-state index in [2.05, 4.69) is 15.1 Å². The molecule has 0 N–H and O–H groups in total. The number of nitrogens with zero attached hydrogens (tertiary/aromatic N) is 3. The van der Waals surface area contributed by atoms with Gasteiger partial charge in [0.25, 0.3) is 5.89 Å². The summed E-state index contributed by atoms with van der Waals surface area (Å²) in [6.45, 7) is 2.70. The Kier molecular flexibility index (Phi) is 5.35. The molecule has 2 aromatic heterocycles. The van der Waals surface area contributed by atoms with Crippen molar-refractivity contribution in [2.75, 3.05) is 21.3 Å². The minimum atomic E-state index is -0.0304. The van der Waals surface area contributed by atoms with E-state index < -0.39 is 0 Å². The number of aromatic nitrogens is 2. The Morgan fingerprint density at radius 3 is 2.68 bits per heavy atom. The van der Waals surface area contributed by atoms with Crippen LogP contribution in [0, 0.1) is 0 Å². The fourth-order valence-corrected chi connectivity index (χ4v) is 3.22. The summed E-state index contributed by atoms with van der Waals surface area (Å²) in [5.74, 6) is 2.62. The Labute approximate surface area is 151 Å². The highest BCUT2D eigenvalue weighted by Crippen LogP contribution is 2.33. The van der Waals surface area contributed by atoms with Gasteiger partial charge < -0.3 is 13.9 Å². The predicted octanol–water partition coefficient (Wildman–Crippen LogP) is 4.01. The maximum atomic E-state index is 5.84. The monoisotopic (exact) mass is 359 g/mol. The largest absolute Gasteiger partial charge is 0.493 e. The fraction of sp³-hybridized carbons (Fsp3) is 0.333. The van der Waals surface area contributed by atoms with E-state index in [9.17, 15) is 0 Å². The summed E-state index contributed by atoms with van der Waals surface area (Å²) in [6, 6.07) is 9.77. The lowest BCUT2D eigenvalue weighted by atomic mass is 10.1. The van der Waals surface area contributed by atoms with Crippen molar-refractivity contribution in [3.63, 3.8) is 0 Å². The number of methoxy groups -OCH3 is 2. The molecule has 0 amide bonds. The van der Waals surface area contributed by atoms with Crippen LogP contribution in [0.25, 0.3) is 10.8 Å². The molecule has 0 aliphatic heterocycles. The first-order valence-electron chi connectivity index (χ1n) is 7.91. The van der Waals surface area contributed by atoms with E-state index in [4.69, 9.17) is 13.9 Å². The molecule has 25 heavy (non-hydrogen) atoms. The standard InChI is InChI=1S/C18H21N3O3S/c1-12(17-19-20-18(24-17)15-9-6-10-25-15)21(2)11-13-7-5-8-14(22-3)16(13)23-4/h5-10,12H,11H2,1-4H3/t12-/m1/s1. The van der Waals surface area contributed by atoms with E-state index in [-0.39, 0.29) is 6.04 Å². The zero-order valence-electron chi connectivity index (χ0n) is 14.7. The second-order valence-corrected chi connectivity index (χ2v) is 6.61. The molecule has 0 fully saturated rings. The lowest BCUT2D eigenvalue weighted by Crippen LogP contribution is -2.22. The lowest BCUT2D eigenvalue weighted by molar-refractivity contribution is 0.214. The molecule has 0 bridgehead atoms. The Hall–Kier alpha value is -2.38. The van der Waals surface area contributed by atoms with Gasteiger partial charge in [-0.25, -0.2) is 0 Å². The molecule has 0 radical (unpaired) electrons. The smallest absolute Gasteiger partial charge is 0.257 e. The van der Waals surface area contributed by atoms with Gasteiger partial charge in [0.15, 0.2) is 11.5 Å². The predicted molar refractivity (Wildman–Crippen MR) is 97.0 cm³/mol. The third kappa shape index (κ3) is 3.67. The molecular weight excluding hydrogens is 338 g/mol. The molecule has 1 aromatic carbocycles. The SMILES string of the molecule is COc1cccc(CN(C)[C@H](C)c2nnc(-c3cccs3)o2)c1OC. The van der Waals surface area contributed by atoms with E-state index in [0.29, 0.717) is 18.3 Å². The van der Waals surface area contributed by atoms with Gasteiger partial charge in [-0.15, -0.1) is 21.5 Å². The summed E-state index contributed by atoms with van der Waals surface area (Å²) in [7, 11) is 5.30. The summed E-state index contributed by atoms with van der Waals surface area (Å²) in [5, 5.41) is 10.3. The van der Waals surface area contributed by atoms with Crippen LogP contribution in [-0.2, 0) is 6.54 Å². The van der Waals surface area contributed by atoms with Gasteiger partial charge >= 0.3 is 0 Å². The number of hydrogen-bond acceptors (Lipinski definition) is 7. The maximum absolute atomic E-state index is 5.84. The summed E-state index contributed by atoms with van der Waals surface area (Å²) < 4.78 is 16.7. The molecule has 3 rings (SSSR count). The maximum Gasteiger partial charge on any atom is 0.257 e. The van der Waals surface area contributed by atoms with Crippen LogP contribution in [0.2, 0.25) is 0 Å². The van der Waals surface area contributed by atoms with Crippen molar-refractivity contribution in [3.8, 4) is 22.3 Å². The summed E-state index contributed by atoms with van der Waals surface area (Å²) in [6.07, 6.45) is 0. The highest BCUT2D eigenvalue weighted by molar-refractivity contribution is 7.13. The average Bonchev–Trinajstić information content (AvgIpc) is 3.31. The van der Waals surface area contributed by atoms with Gasteiger partial charge in [-0.1, -0.05) is 18.2 Å². The fourth-order valence-electron chi connectivity index (χ4n) is 2.58. The van der Waals surface area contributed by atoms with Gasteiger partial charge in [0.05, 0.1) is 25.1 Å². The third-order valence-corrected chi connectivity index (χ3v) is 4.95. The number of benzene rings is 1. The summed E-state index contributed by atoms with van der Waals surface area (Å²) in [5.41, 5.74) is 1.04. The van der Waals surface area contributed by atoms with Gasteiger partial charge in [0, 0.05) is 12.1 Å². The normalized spacial score (nSPS) is 12.4. The Balaban J connectivity index is 1.76. The molecule has 6 nitrogen and oxygen atoms in total. The molecule has 1 atom stereocenters. The number of rotatable bonds is 7. The van der Waals surface area contributed by atoms with Crippen LogP contribution >= 0.6 is 11.3 Å². The van der Waals surface area contributed by atoms with Gasteiger partial charge in [-0.2, -0.15) is 0 Å². The van der Waals surface area contributed by atoms with Gasteiger partial charge in [-0.3, -0.25) is 4.90 Å². The van der Waals surface area contributed by atoms with Crippen molar-refractivity contribution in [2.45, 2.75) is 19.5 Å². The van der Waals surface area contributed by atoms with E-state index in [1.165, 1.54) is 0 Å². The Bertz CT molecular complexity index is 817. The Morgan fingerprint density at radius 1 is 1.16 bits per heavy atom. The van der Waals surface area contributed by atoms with Crippen molar-refractivity contribution in [2.24, 2.45) is 0 Å². The van der Waals surface area contributed by atoms with Crippen molar-refractivity contribution >= 4 is 11.3 Å². The van der Waals surface area contributed by atoms with Crippen molar-refractivity contribution < 1.29 is 13.9 Å². The molecule has 132 valence electrons. The van der Waals surface area contributed by atoms with E-state index >= 15 is 0 Å². The highest BCUT2D eigenvalue weighted by Gasteiger charge is 2.21. The van der Waals surface area contributed by atoms with Gasteiger partial charge in [0.2, 0.25) is 5.89 Å². The zero-order valence-corrected chi connectivity index (χ0v) is 15.5. The van der Waals surface area contributed by atoms with Crippen molar-refractivity contribution in [1.82, 2.24) is 15.1 Å². The number of para-hydroxylation sites is 1. The third-order valence-electron chi connectivity index (χ3n) is 4.10. The first-order valence-corrected chi connectivity index (χ1v) is 8.79. The minimum absolute atomic E-state index is 0.0304. The van der Waals surface area contributed by atoms with Crippen LogP contribution in [0.1, 0.15) is 24.4 Å². The number of thiophene rings is 1. The lowest BCUT2D eigenvalue weighted by Gasteiger charge is -2.23. The van der Waals surface area contributed by atoms with E-state index in [1.54, 1.807) is 25.6 Å². The molecule has 0 saturated heterocycles. The molecule has 0 spiro atoms. The molecule has 2 heterocycles. The second kappa shape index (κ2) is 7.67. The first kappa shape index (κ1) is 17.4. The van der Waals surface area contributed by atoms with Crippen LogP contribution in [0.15, 0.2) is 40.1 Å². The molecule has 0 aliphatic carbocycles. The number of hydrogen-bond donors (Lipinski definition) is 0. The quantitative estimate of drug-likeness (QED) is 0.635. The molecular formula is C18H21N3O3S. The van der Waals surface area contributed by atoms with Crippen molar-refractivity contribution in [3.05, 3.63) is 47.2 Å². The van der Waals surface area contributed by atoms with Gasteiger partial charge in [-0.05, 0) is 31.5 Å². The van der Waals surface area contributed by atoms with Crippen LogP contribution < -0.4 is 9.47 Å². The summed E-state index contributed by atoms with van der Waals surface area (Å²) in [4.78, 5) is 3.10. The van der Waals surface area contributed by atoms with Crippen LogP contribution in [0.4, 0.5) is 0 Å².